The van der Waals surface area contributed by atoms with Crippen LogP contribution in [0.15, 0.2) is 42.5 Å². The average molecular weight is 479 g/mol. The highest BCUT2D eigenvalue weighted by atomic mass is 31.2. The van der Waals surface area contributed by atoms with Gasteiger partial charge < -0.3 is 13.6 Å². The molecule has 0 saturated carbocycles. The molecule has 0 aliphatic heterocycles. The normalized spacial score (nSPS) is 11.4. The molecule has 34 heavy (non-hydrogen) atoms. The van der Waals surface area contributed by atoms with Crippen molar-refractivity contribution in [2.24, 2.45) is 0 Å². The minimum absolute atomic E-state index is 0.320. The van der Waals surface area contributed by atoms with Gasteiger partial charge >= 0.3 is 8.60 Å². The van der Waals surface area contributed by atoms with Gasteiger partial charge in [-0.1, -0.05) is 57.5 Å². The van der Waals surface area contributed by atoms with Crippen LogP contribution >= 0.6 is 8.60 Å². The maximum absolute atomic E-state index is 6.56. The van der Waals surface area contributed by atoms with Crippen molar-refractivity contribution in [3.63, 3.8) is 0 Å². The first-order chi connectivity index (χ1) is 16.0. The summed E-state index contributed by atoms with van der Waals surface area (Å²) in [7, 11) is -1.74. The molecule has 182 valence electrons. The lowest BCUT2D eigenvalue weighted by molar-refractivity contribution is 0.382. The second kappa shape index (κ2) is 10.8. The van der Waals surface area contributed by atoms with Gasteiger partial charge in [-0.15, -0.1) is 0 Å². The maximum Gasteiger partial charge on any atom is 0.530 e. The van der Waals surface area contributed by atoms with Crippen molar-refractivity contribution in [3.05, 3.63) is 87.0 Å². The molecule has 3 aromatic carbocycles. The van der Waals surface area contributed by atoms with Gasteiger partial charge in [0.15, 0.2) is 0 Å². The Balaban J connectivity index is 2.06. The van der Waals surface area contributed by atoms with Crippen molar-refractivity contribution >= 4 is 8.60 Å². The fraction of sp³-hybridized carbons (Fsp3) is 0.400. The molecule has 0 unspecified atom stereocenters. The standard InChI is InChI=1S/C30H39O3P/c1-18(2)26-14-21(6)23(8)16-29(26)32-34(31-28-12-11-20(5)13-25(28)10)33-30-17-24(9)22(7)15-27(30)19(3)4/h11-19H,1-10H3. The minimum atomic E-state index is -1.74. The second-order valence-corrected chi connectivity index (χ2v) is 11.0. The summed E-state index contributed by atoms with van der Waals surface area (Å²) in [5.74, 6) is 3.06. The van der Waals surface area contributed by atoms with E-state index in [1.165, 1.54) is 27.8 Å². The van der Waals surface area contributed by atoms with Crippen molar-refractivity contribution < 1.29 is 13.6 Å². The third kappa shape index (κ3) is 6.13. The summed E-state index contributed by atoms with van der Waals surface area (Å²) in [6.45, 7) is 21.4. The molecule has 0 aromatic heterocycles. The topological polar surface area (TPSA) is 27.7 Å². The maximum atomic E-state index is 6.56. The molecule has 3 rings (SSSR count). The van der Waals surface area contributed by atoms with Gasteiger partial charge in [0, 0.05) is 0 Å². The number of benzene rings is 3. The van der Waals surface area contributed by atoms with Gasteiger partial charge in [0.2, 0.25) is 0 Å². The van der Waals surface area contributed by atoms with Crippen LogP contribution in [0, 0.1) is 41.5 Å². The van der Waals surface area contributed by atoms with E-state index in [1.807, 2.05) is 6.07 Å². The Morgan fingerprint density at radius 1 is 0.500 bits per heavy atom. The third-order valence-electron chi connectivity index (χ3n) is 6.35. The van der Waals surface area contributed by atoms with Crippen molar-refractivity contribution in [3.8, 4) is 17.2 Å². The summed E-state index contributed by atoms with van der Waals surface area (Å²) in [6, 6.07) is 14.8. The Bertz CT molecular complexity index is 1100. The van der Waals surface area contributed by atoms with E-state index >= 15 is 0 Å². The zero-order chi connectivity index (χ0) is 25.2. The van der Waals surface area contributed by atoms with Crippen LogP contribution in [0.4, 0.5) is 0 Å². The molecule has 0 saturated heterocycles. The van der Waals surface area contributed by atoms with E-state index in [0.29, 0.717) is 11.8 Å². The summed E-state index contributed by atoms with van der Waals surface area (Å²) in [6.07, 6.45) is 0. The van der Waals surface area contributed by atoms with Crippen LogP contribution in [0.25, 0.3) is 0 Å². The summed E-state index contributed by atoms with van der Waals surface area (Å²) < 4.78 is 19.6. The van der Waals surface area contributed by atoms with Crippen LogP contribution in [-0.4, -0.2) is 0 Å². The van der Waals surface area contributed by atoms with Crippen LogP contribution in [0.2, 0.25) is 0 Å². The molecule has 0 heterocycles. The highest BCUT2D eigenvalue weighted by Gasteiger charge is 2.25. The van der Waals surface area contributed by atoms with E-state index in [1.54, 1.807) is 0 Å². The predicted octanol–water partition coefficient (Wildman–Crippen LogP) is 9.55. The zero-order valence-corrected chi connectivity index (χ0v) is 23.3. The molecule has 4 heteroatoms. The van der Waals surface area contributed by atoms with Crippen molar-refractivity contribution in [2.75, 3.05) is 0 Å². The van der Waals surface area contributed by atoms with Gasteiger partial charge in [-0.3, -0.25) is 0 Å². The molecular formula is C30H39O3P. The van der Waals surface area contributed by atoms with E-state index < -0.39 is 8.60 Å². The smallest absolute Gasteiger partial charge is 0.408 e. The monoisotopic (exact) mass is 478 g/mol. The zero-order valence-electron chi connectivity index (χ0n) is 22.4. The van der Waals surface area contributed by atoms with E-state index in [-0.39, 0.29) is 0 Å². The van der Waals surface area contributed by atoms with E-state index in [9.17, 15) is 0 Å². The number of hydrogen-bond donors (Lipinski definition) is 0. The van der Waals surface area contributed by atoms with Gasteiger partial charge in [0.1, 0.15) is 17.2 Å². The van der Waals surface area contributed by atoms with Crippen molar-refractivity contribution in [1.29, 1.82) is 0 Å². The SMILES string of the molecule is Cc1ccc(OP(Oc2cc(C)c(C)cc2C(C)C)Oc2cc(C)c(C)cc2C(C)C)c(C)c1. The summed E-state index contributed by atoms with van der Waals surface area (Å²) in [4.78, 5) is 0. The summed E-state index contributed by atoms with van der Waals surface area (Å²) in [5.41, 5.74) is 9.47. The average Bonchev–Trinajstić information content (AvgIpc) is 2.74. The number of rotatable bonds is 8. The molecule has 0 radical (unpaired) electrons. The van der Waals surface area contributed by atoms with Crippen LogP contribution in [-0.2, 0) is 0 Å². The van der Waals surface area contributed by atoms with Crippen molar-refractivity contribution in [2.45, 2.75) is 81.1 Å². The number of aryl methyl sites for hydroxylation is 6. The highest BCUT2D eigenvalue weighted by molar-refractivity contribution is 7.43. The quantitative estimate of drug-likeness (QED) is 0.302. The lowest BCUT2D eigenvalue weighted by atomic mass is 9.97. The molecule has 3 nitrogen and oxygen atoms in total. The fourth-order valence-electron chi connectivity index (χ4n) is 3.88. The summed E-state index contributed by atoms with van der Waals surface area (Å²) >= 11 is 0. The summed E-state index contributed by atoms with van der Waals surface area (Å²) in [5, 5.41) is 0. The van der Waals surface area contributed by atoms with Gasteiger partial charge in [-0.05, 0) is 111 Å². The highest BCUT2D eigenvalue weighted by Crippen LogP contribution is 2.47. The van der Waals surface area contributed by atoms with Crippen LogP contribution in [0.5, 0.6) is 17.2 Å². The van der Waals surface area contributed by atoms with E-state index in [0.717, 1.165) is 33.9 Å². The van der Waals surface area contributed by atoms with Gasteiger partial charge in [-0.25, -0.2) is 0 Å². The molecule has 0 N–H and O–H groups in total. The Kier molecular flexibility index (Phi) is 8.31. The van der Waals surface area contributed by atoms with Crippen LogP contribution in [0.3, 0.4) is 0 Å². The Morgan fingerprint density at radius 2 is 0.912 bits per heavy atom. The first kappa shape index (κ1) is 26.1. The molecule has 0 amide bonds. The first-order valence-corrected chi connectivity index (χ1v) is 13.2. The van der Waals surface area contributed by atoms with E-state index in [4.69, 9.17) is 13.6 Å². The van der Waals surface area contributed by atoms with E-state index in [2.05, 4.69) is 106 Å². The first-order valence-electron chi connectivity index (χ1n) is 12.1. The Morgan fingerprint density at radius 3 is 1.32 bits per heavy atom. The number of hydrogen-bond acceptors (Lipinski definition) is 3. The molecule has 0 aliphatic rings. The molecule has 0 bridgehead atoms. The van der Waals surface area contributed by atoms with Gasteiger partial charge in [0.25, 0.3) is 0 Å². The molecule has 0 aliphatic carbocycles. The minimum Gasteiger partial charge on any atom is -0.408 e. The second-order valence-electron chi connectivity index (χ2n) is 10.0. The fourth-order valence-corrected chi connectivity index (χ4v) is 5.00. The molecular weight excluding hydrogens is 439 g/mol. The predicted molar refractivity (Wildman–Crippen MR) is 145 cm³/mol. The van der Waals surface area contributed by atoms with Crippen LogP contribution < -0.4 is 13.6 Å². The molecule has 3 aromatic rings. The van der Waals surface area contributed by atoms with Crippen LogP contribution in [0.1, 0.15) is 84.0 Å². The van der Waals surface area contributed by atoms with Gasteiger partial charge in [0.05, 0.1) is 0 Å². The molecule has 0 spiro atoms. The largest absolute Gasteiger partial charge is 0.530 e. The third-order valence-corrected chi connectivity index (χ3v) is 7.38. The van der Waals surface area contributed by atoms with Gasteiger partial charge in [-0.2, -0.15) is 0 Å². The lowest BCUT2D eigenvalue weighted by Crippen LogP contribution is -2.07. The lowest BCUT2D eigenvalue weighted by Gasteiger charge is -2.24. The van der Waals surface area contributed by atoms with Crippen molar-refractivity contribution in [1.82, 2.24) is 0 Å². The molecule has 0 fully saturated rings. The Hall–Kier alpha value is -2.51. The molecule has 0 atom stereocenters. The Labute approximate surface area is 207 Å².